The molecule has 0 heterocycles. The monoisotopic (exact) mass is 446 g/mol. The van der Waals surface area contributed by atoms with Gasteiger partial charge in [-0.15, -0.1) is 0 Å². The minimum absolute atomic E-state index is 0.335. The minimum Gasteiger partial charge on any atom is -0.478 e. The highest BCUT2D eigenvalue weighted by molar-refractivity contribution is 5.87. The lowest BCUT2D eigenvalue weighted by Gasteiger charge is -2.21. The van der Waals surface area contributed by atoms with Crippen molar-refractivity contribution in [2.24, 2.45) is 5.41 Å². The first-order valence-corrected chi connectivity index (χ1v) is 13.0. The quantitative estimate of drug-likeness (QED) is 0.278. The van der Waals surface area contributed by atoms with E-state index in [1.807, 2.05) is 12.1 Å². The Morgan fingerprint density at radius 3 is 2.15 bits per heavy atom. The third-order valence-corrected chi connectivity index (χ3v) is 7.27. The Kier molecular flexibility index (Phi) is 9.35. The Balaban J connectivity index is 1.72. The molecule has 0 aromatic heterocycles. The zero-order valence-electron chi connectivity index (χ0n) is 21.0. The van der Waals surface area contributed by atoms with Crippen molar-refractivity contribution in [2.45, 2.75) is 97.8 Å². The van der Waals surface area contributed by atoms with Crippen molar-refractivity contribution in [2.75, 3.05) is 0 Å². The number of aromatic carboxylic acids is 1. The molecule has 0 aliphatic heterocycles. The van der Waals surface area contributed by atoms with Gasteiger partial charge < -0.3 is 5.11 Å². The van der Waals surface area contributed by atoms with E-state index in [4.69, 9.17) is 5.11 Å². The number of unbranched alkanes of at least 4 members (excludes halogenated alkanes) is 5. The van der Waals surface area contributed by atoms with E-state index in [-0.39, 0.29) is 0 Å². The van der Waals surface area contributed by atoms with Crippen LogP contribution >= 0.6 is 0 Å². The summed E-state index contributed by atoms with van der Waals surface area (Å²) in [5, 5.41) is 9.09. The van der Waals surface area contributed by atoms with Gasteiger partial charge in [-0.1, -0.05) is 89.3 Å². The lowest BCUT2D eigenvalue weighted by molar-refractivity contribution is 0.0697. The van der Waals surface area contributed by atoms with Crippen LogP contribution in [0.1, 0.15) is 110 Å². The lowest BCUT2D eigenvalue weighted by Crippen LogP contribution is -2.10. The first kappa shape index (κ1) is 25.3. The Bertz CT molecular complexity index is 934. The van der Waals surface area contributed by atoms with Crippen LogP contribution in [0.5, 0.6) is 0 Å². The molecule has 3 rings (SSSR count). The molecule has 1 aliphatic rings. The van der Waals surface area contributed by atoms with Gasteiger partial charge in [0, 0.05) is 0 Å². The highest BCUT2D eigenvalue weighted by atomic mass is 16.4. The summed E-state index contributed by atoms with van der Waals surface area (Å²) in [5.41, 5.74) is 7.96. The molecule has 0 unspecified atom stereocenters. The molecule has 0 bridgehead atoms. The van der Waals surface area contributed by atoms with Gasteiger partial charge in [-0.2, -0.15) is 0 Å². The van der Waals surface area contributed by atoms with Crippen molar-refractivity contribution in [3.05, 3.63) is 75.9 Å². The van der Waals surface area contributed by atoms with Crippen molar-refractivity contribution in [1.82, 2.24) is 0 Å². The summed E-state index contributed by atoms with van der Waals surface area (Å²) >= 11 is 0. The zero-order valence-corrected chi connectivity index (χ0v) is 21.0. The average Bonchev–Trinajstić information content (AvgIpc) is 2.94. The number of hydrogen-bond donors (Lipinski definition) is 1. The van der Waals surface area contributed by atoms with Crippen molar-refractivity contribution in [3.63, 3.8) is 0 Å². The Morgan fingerprint density at radius 2 is 1.52 bits per heavy atom. The SMILES string of the molecule is CCCCCCCCc1cc2c(cc1CC=Cc1ccc(C(=O)O)cc1)CCC(C)(C)CC2. The fraction of sp³-hybridized carbons (Fsp3) is 0.516. The number of rotatable bonds is 11. The molecule has 178 valence electrons. The van der Waals surface area contributed by atoms with Crippen molar-refractivity contribution < 1.29 is 9.90 Å². The Hall–Kier alpha value is -2.35. The molecule has 0 radical (unpaired) electrons. The molecule has 0 spiro atoms. The van der Waals surface area contributed by atoms with Gasteiger partial charge in [0.1, 0.15) is 0 Å². The van der Waals surface area contributed by atoms with E-state index in [1.54, 1.807) is 23.3 Å². The standard InChI is InChI=1S/C31H42O2/c1-4-5-6-7-8-9-12-26-22-28-18-20-31(2,3)21-19-29(28)23-27(26)13-10-11-24-14-16-25(17-15-24)30(32)33/h10-11,14-17,22-23H,4-9,12-13,18-21H2,1-3H3,(H,32,33). The van der Waals surface area contributed by atoms with Gasteiger partial charge in [0.2, 0.25) is 0 Å². The molecule has 0 fully saturated rings. The average molecular weight is 447 g/mol. The van der Waals surface area contributed by atoms with E-state index in [2.05, 4.69) is 45.1 Å². The molecular formula is C31H42O2. The van der Waals surface area contributed by atoms with Crippen LogP contribution in [0.15, 0.2) is 42.5 Å². The molecule has 33 heavy (non-hydrogen) atoms. The third kappa shape index (κ3) is 7.88. The fourth-order valence-electron chi connectivity index (χ4n) is 4.91. The molecule has 0 saturated heterocycles. The predicted molar refractivity (Wildman–Crippen MR) is 140 cm³/mol. The summed E-state index contributed by atoms with van der Waals surface area (Å²) in [7, 11) is 0. The topological polar surface area (TPSA) is 37.3 Å². The molecule has 1 N–H and O–H groups in total. The number of hydrogen-bond acceptors (Lipinski definition) is 1. The summed E-state index contributed by atoms with van der Waals surface area (Å²) < 4.78 is 0. The number of benzene rings is 2. The zero-order chi connectivity index (χ0) is 23.7. The second-order valence-corrected chi connectivity index (χ2v) is 10.6. The van der Waals surface area contributed by atoms with Crippen LogP contribution in [0, 0.1) is 5.41 Å². The van der Waals surface area contributed by atoms with Gasteiger partial charge in [-0.3, -0.25) is 0 Å². The summed E-state index contributed by atoms with van der Waals surface area (Å²) in [4.78, 5) is 11.1. The summed E-state index contributed by atoms with van der Waals surface area (Å²) in [6.45, 7) is 7.10. The number of carboxylic acids is 1. The van der Waals surface area contributed by atoms with Crippen LogP contribution in [-0.2, 0) is 25.7 Å². The van der Waals surface area contributed by atoms with Gasteiger partial charge in [-0.25, -0.2) is 4.79 Å². The van der Waals surface area contributed by atoms with Crippen LogP contribution in [0.2, 0.25) is 0 Å². The summed E-state index contributed by atoms with van der Waals surface area (Å²) in [6, 6.07) is 12.2. The number of fused-ring (bicyclic) bond motifs is 1. The number of aryl methyl sites for hydroxylation is 3. The maximum atomic E-state index is 11.1. The Labute approximate surface area is 201 Å². The molecular weight excluding hydrogens is 404 g/mol. The third-order valence-electron chi connectivity index (χ3n) is 7.27. The lowest BCUT2D eigenvalue weighted by atomic mass is 9.85. The van der Waals surface area contributed by atoms with Gasteiger partial charge in [-0.05, 0) is 90.3 Å². The van der Waals surface area contributed by atoms with E-state index in [0.29, 0.717) is 11.0 Å². The van der Waals surface area contributed by atoms with Gasteiger partial charge in [0.05, 0.1) is 5.56 Å². The van der Waals surface area contributed by atoms with E-state index >= 15 is 0 Å². The first-order chi connectivity index (χ1) is 15.9. The number of carbonyl (C=O) groups is 1. The highest BCUT2D eigenvalue weighted by Gasteiger charge is 2.23. The normalized spacial score (nSPS) is 15.4. The van der Waals surface area contributed by atoms with Crippen molar-refractivity contribution >= 4 is 12.0 Å². The van der Waals surface area contributed by atoms with E-state index in [0.717, 1.165) is 12.0 Å². The summed E-state index contributed by atoms with van der Waals surface area (Å²) in [5.74, 6) is -0.877. The molecule has 2 aromatic carbocycles. The van der Waals surface area contributed by atoms with Crippen LogP contribution in [0.25, 0.3) is 6.08 Å². The number of carboxylic acid groups (broad SMARTS) is 1. The smallest absolute Gasteiger partial charge is 0.335 e. The largest absolute Gasteiger partial charge is 0.478 e. The van der Waals surface area contributed by atoms with E-state index in [1.165, 1.54) is 81.8 Å². The minimum atomic E-state index is -0.877. The Morgan fingerprint density at radius 1 is 0.909 bits per heavy atom. The van der Waals surface area contributed by atoms with Gasteiger partial charge in [0.25, 0.3) is 0 Å². The predicted octanol–water partition coefficient (Wildman–Crippen LogP) is 8.45. The van der Waals surface area contributed by atoms with Gasteiger partial charge in [0.15, 0.2) is 0 Å². The molecule has 2 nitrogen and oxygen atoms in total. The van der Waals surface area contributed by atoms with Gasteiger partial charge >= 0.3 is 5.97 Å². The molecule has 1 aliphatic carbocycles. The maximum Gasteiger partial charge on any atom is 0.335 e. The molecule has 2 aromatic rings. The number of allylic oxidation sites excluding steroid dienone is 1. The molecule has 0 amide bonds. The van der Waals surface area contributed by atoms with E-state index < -0.39 is 5.97 Å². The first-order valence-electron chi connectivity index (χ1n) is 13.0. The second-order valence-electron chi connectivity index (χ2n) is 10.6. The maximum absolute atomic E-state index is 11.1. The van der Waals surface area contributed by atoms with Crippen LogP contribution in [-0.4, -0.2) is 11.1 Å². The van der Waals surface area contributed by atoms with Crippen LogP contribution < -0.4 is 0 Å². The fourth-order valence-corrected chi connectivity index (χ4v) is 4.91. The van der Waals surface area contributed by atoms with Crippen molar-refractivity contribution in [1.29, 1.82) is 0 Å². The summed E-state index contributed by atoms with van der Waals surface area (Å²) in [6.07, 6.45) is 19.4. The molecule has 0 saturated carbocycles. The molecule has 0 atom stereocenters. The highest BCUT2D eigenvalue weighted by Crippen LogP contribution is 2.35. The molecule has 2 heteroatoms. The van der Waals surface area contributed by atoms with E-state index in [9.17, 15) is 4.79 Å². The second kappa shape index (κ2) is 12.2. The van der Waals surface area contributed by atoms with Crippen molar-refractivity contribution in [3.8, 4) is 0 Å². The van der Waals surface area contributed by atoms with Crippen LogP contribution in [0.4, 0.5) is 0 Å². The van der Waals surface area contributed by atoms with Crippen LogP contribution in [0.3, 0.4) is 0 Å².